The molecule has 0 saturated heterocycles. The van der Waals surface area contributed by atoms with Crippen molar-refractivity contribution >= 4 is 51.2 Å². The molecule has 282 valence electrons. The highest BCUT2D eigenvalue weighted by Crippen LogP contribution is 2.45. The van der Waals surface area contributed by atoms with Crippen LogP contribution in [0, 0.1) is 0 Å². The first kappa shape index (κ1) is 35.8. The average Bonchev–Trinajstić information content (AvgIpc) is 3.31. The second-order valence-electron chi connectivity index (χ2n) is 15.0. The lowest BCUT2D eigenvalue weighted by molar-refractivity contribution is 0.940. The van der Waals surface area contributed by atoms with E-state index in [0.717, 1.165) is 58.3 Å². The molecule has 0 aromatic heterocycles. The van der Waals surface area contributed by atoms with Crippen LogP contribution in [0.25, 0.3) is 22.3 Å². The molecule has 0 N–H and O–H groups in total. The van der Waals surface area contributed by atoms with Gasteiger partial charge in [-0.3, -0.25) is 0 Å². The number of hydrogen-bond acceptors (Lipinski definition) is 3. The third kappa shape index (κ3) is 7.27. The minimum atomic E-state index is 0.962. The lowest BCUT2D eigenvalue weighted by Crippen LogP contribution is -2.14. The number of aryl methyl sites for hydroxylation is 2. The fourth-order valence-electron chi connectivity index (χ4n) is 8.52. The van der Waals surface area contributed by atoms with E-state index in [1.165, 1.54) is 39.1 Å². The Morgan fingerprint density at radius 3 is 0.949 bits per heavy atom. The van der Waals surface area contributed by atoms with Gasteiger partial charge in [0.15, 0.2) is 0 Å². The van der Waals surface area contributed by atoms with Gasteiger partial charge in [-0.1, -0.05) is 133 Å². The lowest BCUT2D eigenvalue weighted by atomic mass is 9.85. The highest BCUT2D eigenvalue weighted by molar-refractivity contribution is 5.87. The van der Waals surface area contributed by atoms with Gasteiger partial charge in [0.05, 0.1) is 0 Å². The quantitative estimate of drug-likeness (QED) is 0.138. The molecule has 59 heavy (non-hydrogen) atoms. The summed E-state index contributed by atoms with van der Waals surface area (Å²) < 4.78 is 0. The summed E-state index contributed by atoms with van der Waals surface area (Å²) in [6.45, 7) is 0. The zero-order valence-electron chi connectivity index (χ0n) is 32.8. The smallest absolute Gasteiger partial charge is 0.0482 e. The van der Waals surface area contributed by atoms with E-state index in [-0.39, 0.29) is 0 Å². The molecule has 0 heterocycles. The van der Waals surface area contributed by atoms with Crippen LogP contribution in [0.1, 0.15) is 11.1 Å². The summed E-state index contributed by atoms with van der Waals surface area (Å²) in [7, 11) is 0. The van der Waals surface area contributed by atoms with Gasteiger partial charge < -0.3 is 14.7 Å². The van der Waals surface area contributed by atoms with Gasteiger partial charge in [-0.05, 0) is 149 Å². The summed E-state index contributed by atoms with van der Waals surface area (Å²) in [4.78, 5) is 7.10. The van der Waals surface area contributed by atoms with Crippen molar-refractivity contribution in [3.05, 3.63) is 248 Å². The van der Waals surface area contributed by atoms with Crippen LogP contribution < -0.4 is 14.7 Å². The molecule has 3 heteroatoms. The Balaban J connectivity index is 1.07. The summed E-state index contributed by atoms with van der Waals surface area (Å²) in [5.74, 6) is 0. The van der Waals surface area contributed by atoms with Gasteiger partial charge in [-0.2, -0.15) is 0 Å². The maximum atomic E-state index is 2.42. The predicted molar refractivity (Wildman–Crippen MR) is 249 cm³/mol. The Hall–Kier alpha value is -7.62. The van der Waals surface area contributed by atoms with E-state index in [9.17, 15) is 0 Å². The highest BCUT2D eigenvalue weighted by Gasteiger charge is 2.23. The SMILES string of the molecule is c1ccc(-c2cccc(N(c3cccc(N(c4ccccc4)c4ccccc4)c3)c3ccc4c(c3)CCc3cc(N(c5ccccc5)c5ccccc5)ccc3-4)c2)cc1. The molecule has 0 unspecified atom stereocenters. The van der Waals surface area contributed by atoms with Gasteiger partial charge in [-0.15, -0.1) is 0 Å². The highest BCUT2D eigenvalue weighted by atomic mass is 15.2. The topological polar surface area (TPSA) is 9.72 Å². The summed E-state index contributed by atoms with van der Waals surface area (Å²) >= 11 is 0. The first-order valence-electron chi connectivity index (χ1n) is 20.4. The van der Waals surface area contributed by atoms with E-state index in [1.54, 1.807) is 0 Å². The Labute approximate surface area is 347 Å². The molecule has 0 spiro atoms. The van der Waals surface area contributed by atoms with E-state index in [4.69, 9.17) is 0 Å². The number of benzene rings is 9. The Bertz CT molecular complexity index is 2740. The van der Waals surface area contributed by atoms with Crippen molar-refractivity contribution in [2.75, 3.05) is 14.7 Å². The molecular formula is C56H43N3. The van der Waals surface area contributed by atoms with Crippen molar-refractivity contribution in [1.29, 1.82) is 0 Å². The molecule has 0 fully saturated rings. The summed E-state index contributed by atoms with van der Waals surface area (Å²) in [6.07, 6.45) is 1.93. The van der Waals surface area contributed by atoms with E-state index in [0.29, 0.717) is 0 Å². The largest absolute Gasteiger partial charge is 0.310 e. The molecule has 1 aliphatic carbocycles. The molecule has 0 saturated carbocycles. The third-order valence-corrected chi connectivity index (χ3v) is 11.3. The summed E-state index contributed by atoms with van der Waals surface area (Å²) in [6, 6.07) is 85.1. The van der Waals surface area contributed by atoms with Gasteiger partial charge in [0.2, 0.25) is 0 Å². The zero-order chi connectivity index (χ0) is 39.4. The van der Waals surface area contributed by atoms with Gasteiger partial charge in [0, 0.05) is 51.2 Å². The maximum absolute atomic E-state index is 2.42. The van der Waals surface area contributed by atoms with E-state index in [2.05, 4.69) is 251 Å². The molecule has 0 atom stereocenters. The van der Waals surface area contributed by atoms with Crippen molar-refractivity contribution in [3.8, 4) is 22.3 Å². The van der Waals surface area contributed by atoms with E-state index >= 15 is 0 Å². The molecule has 3 nitrogen and oxygen atoms in total. The van der Waals surface area contributed by atoms with Crippen molar-refractivity contribution in [1.82, 2.24) is 0 Å². The van der Waals surface area contributed by atoms with E-state index in [1.807, 2.05) is 0 Å². The van der Waals surface area contributed by atoms with Crippen LogP contribution in [-0.4, -0.2) is 0 Å². The van der Waals surface area contributed by atoms with Crippen LogP contribution in [-0.2, 0) is 12.8 Å². The minimum absolute atomic E-state index is 0.962. The molecule has 9 aromatic rings. The number of hydrogen-bond donors (Lipinski definition) is 0. The fraction of sp³-hybridized carbons (Fsp3) is 0.0357. The van der Waals surface area contributed by atoms with Crippen LogP contribution in [0.15, 0.2) is 237 Å². The zero-order valence-corrected chi connectivity index (χ0v) is 32.8. The average molecular weight is 758 g/mol. The summed E-state index contributed by atoms with van der Waals surface area (Å²) in [5.41, 5.74) is 17.8. The Morgan fingerprint density at radius 1 is 0.220 bits per heavy atom. The van der Waals surface area contributed by atoms with Gasteiger partial charge in [0.1, 0.15) is 0 Å². The minimum Gasteiger partial charge on any atom is -0.310 e. The standard InChI is InChI=1S/C56H43N3/c1-6-18-42(19-7-1)43-20-16-29-50(38-43)59(52-31-17-30-51(41-52)57(46-21-8-2-9-22-46)47-23-10-3-11-24-47)54-35-37-56-45(40-54)33-32-44-39-53(34-36-55(44)56)58(48-25-12-4-13-26-48)49-27-14-5-15-28-49/h1-31,34-41H,32-33H2. The first-order valence-corrected chi connectivity index (χ1v) is 20.4. The number of anilines is 9. The van der Waals surface area contributed by atoms with Crippen LogP contribution in [0.4, 0.5) is 51.2 Å². The van der Waals surface area contributed by atoms with Gasteiger partial charge >= 0.3 is 0 Å². The second kappa shape index (κ2) is 16.1. The van der Waals surface area contributed by atoms with Gasteiger partial charge in [-0.25, -0.2) is 0 Å². The van der Waals surface area contributed by atoms with E-state index < -0.39 is 0 Å². The fourth-order valence-corrected chi connectivity index (χ4v) is 8.52. The molecule has 1 aliphatic rings. The third-order valence-electron chi connectivity index (χ3n) is 11.3. The van der Waals surface area contributed by atoms with Crippen LogP contribution >= 0.6 is 0 Å². The van der Waals surface area contributed by atoms with Crippen molar-refractivity contribution in [2.45, 2.75) is 12.8 Å². The van der Waals surface area contributed by atoms with Crippen molar-refractivity contribution in [3.63, 3.8) is 0 Å². The van der Waals surface area contributed by atoms with Gasteiger partial charge in [0.25, 0.3) is 0 Å². The molecule has 0 radical (unpaired) electrons. The molecular weight excluding hydrogens is 715 g/mol. The molecule has 10 rings (SSSR count). The van der Waals surface area contributed by atoms with Crippen molar-refractivity contribution < 1.29 is 0 Å². The molecule has 9 aromatic carbocycles. The van der Waals surface area contributed by atoms with Crippen LogP contribution in [0.3, 0.4) is 0 Å². The Morgan fingerprint density at radius 2 is 0.525 bits per heavy atom. The van der Waals surface area contributed by atoms with Crippen molar-refractivity contribution in [2.24, 2.45) is 0 Å². The van der Waals surface area contributed by atoms with Crippen LogP contribution in [0.2, 0.25) is 0 Å². The molecule has 0 bridgehead atoms. The number of rotatable bonds is 10. The molecule has 0 amide bonds. The lowest BCUT2D eigenvalue weighted by Gasteiger charge is -2.31. The normalized spacial score (nSPS) is 11.6. The number of nitrogens with zero attached hydrogens (tertiary/aromatic N) is 3. The van der Waals surface area contributed by atoms with Crippen LogP contribution in [0.5, 0.6) is 0 Å². The summed E-state index contributed by atoms with van der Waals surface area (Å²) in [5, 5.41) is 0. The number of fused-ring (bicyclic) bond motifs is 3. The predicted octanol–water partition coefficient (Wildman–Crippen LogP) is 15.5. The maximum Gasteiger partial charge on any atom is 0.0482 e. The Kier molecular flexibility index (Phi) is 9.75. The second-order valence-corrected chi connectivity index (χ2v) is 15.0. The monoisotopic (exact) mass is 757 g/mol. The number of para-hydroxylation sites is 4. The first-order chi connectivity index (χ1) is 29.3. The molecule has 0 aliphatic heterocycles.